The van der Waals surface area contributed by atoms with Crippen LogP contribution in [0.25, 0.3) is 10.9 Å². The summed E-state index contributed by atoms with van der Waals surface area (Å²) in [6.07, 6.45) is -0.483. The van der Waals surface area contributed by atoms with Gasteiger partial charge in [0.25, 0.3) is 0 Å². The Hall–Kier alpha value is -1.43. The molecule has 23 heavy (non-hydrogen) atoms. The van der Waals surface area contributed by atoms with Gasteiger partial charge in [0.1, 0.15) is 5.60 Å². The molecule has 5 nitrogen and oxygen atoms in total. The summed E-state index contributed by atoms with van der Waals surface area (Å²) in [7, 11) is 0. The molecule has 1 amide bonds. The first-order chi connectivity index (χ1) is 10.7. The number of aliphatic hydroxyl groups excluding tert-OH is 1. The highest BCUT2D eigenvalue weighted by atomic mass is 35.5. The van der Waals surface area contributed by atoms with Gasteiger partial charge < -0.3 is 19.7 Å². The second kappa shape index (κ2) is 6.99. The normalized spacial score (nSPS) is 11.7. The van der Waals surface area contributed by atoms with E-state index in [0.29, 0.717) is 28.8 Å². The predicted octanol–water partition coefficient (Wildman–Crippen LogP) is 3.97. The molecule has 1 aromatic heterocycles. The molecule has 7 heteroatoms. The third kappa shape index (κ3) is 4.31. The molecule has 2 rings (SSSR count). The van der Waals surface area contributed by atoms with E-state index >= 15 is 0 Å². The van der Waals surface area contributed by atoms with Gasteiger partial charge in [-0.3, -0.25) is 0 Å². The van der Waals surface area contributed by atoms with Gasteiger partial charge in [0.05, 0.1) is 22.2 Å². The smallest absolute Gasteiger partial charge is 0.407 e. The Bertz CT molecular complexity index is 720. The molecule has 0 saturated carbocycles. The van der Waals surface area contributed by atoms with E-state index in [1.54, 1.807) is 26.8 Å². The lowest BCUT2D eigenvalue weighted by Crippen LogP contribution is -2.34. The molecule has 0 unspecified atom stereocenters. The third-order valence-corrected chi connectivity index (χ3v) is 4.00. The number of alkyl carbamates (subject to hydrolysis) is 1. The first-order valence-corrected chi connectivity index (χ1v) is 8.02. The molecule has 0 aliphatic heterocycles. The van der Waals surface area contributed by atoms with Crippen molar-refractivity contribution in [3.63, 3.8) is 0 Å². The van der Waals surface area contributed by atoms with E-state index in [2.05, 4.69) is 5.32 Å². The number of ether oxygens (including phenoxy) is 1. The van der Waals surface area contributed by atoms with Crippen molar-refractivity contribution in [1.29, 1.82) is 0 Å². The van der Waals surface area contributed by atoms with E-state index in [-0.39, 0.29) is 6.61 Å². The lowest BCUT2D eigenvalue weighted by Gasteiger charge is -2.20. The van der Waals surface area contributed by atoms with Crippen LogP contribution in [0.3, 0.4) is 0 Å². The van der Waals surface area contributed by atoms with Gasteiger partial charge in [0, 0.05) is 24.2 Å². The Morgan fingerprint density at radius 3 is 2.65 bits per heavy atom. The molecule has 0 aliphatic rings. The van der Waals surface area contributed by atoms with Gasteiger partial charge in [-0.15, -0.1) is 0 Å². The van der Waals surface area contributed by atoms with Crippen LogP contribution in [0, 0.1) is 0 Å². The number of rotatable bonds is 4. The molecular weight excluding hydrogens is 339 g/mol. The van der Waals surface area contributed by atoms with Crippen LogP contribution < -0.4 is 5.32 Å². The molecule has 1 heterocycles. The monoisotopic (exact) mass is 358 g/mol. The summed E-state index contributed by atoms with van der Waals surface area (Å²) in [5.74, 6) is 0. The fourth-order valence-electron chi connectivity index (χ4n) is 2.32. The van der Waals surface area contributed by atoms with Crippen LogP contribution in [0.4, 0.5) is 4.79 Å². The van der Waals surface area contributed by atoms with E-state index in [1.165, 1.54) is 0 Å². The molecule has 126 valence electrons. The topological polar surface area (TPSA) is 63.5 Å². The summed E-state index contributed by atoms with van der Waals surface area (Å²) in [5.41, 5.74) is 0.904. The summed E-state index contributed by atoms with van der Waals surface area (Å²) >= 11 is 12.4. The molecule has 0 bridgehead atoms. The second-order valence-electron chi connectivity index (χ2n) is 6.17. The van der Waals surface area contributed by atoms with Crippen LogP contribution in [0.2, 0.25) is 10.0 Å². The van der Waals surface area contributed by atoms with Crippen molar-refractivity contribution in [3.05, 3.63) is 33.9 Å². The van der Waals surface area contributed by atoms with Gasteiger partial charge in [-0.05, 0) is 32.9 Å². The molecular formula is C16H20Cl2N2O3. The summed E-state index contributed by atoms with van der Waals surface area (Å²) in [5, 5.41) is 14.0. The van der Waals surface area contributed by atoms with Crippen LogP contribution in [-0.4, -0.2) is 27.9 Å². The van der Waals surface area contributed by atoms with Crippen LogP contribution in [0.1, 0.15) is 26.5 Å². The number of fused-ring (bicyclic) bond motifs is 1. The highest BCUT2D eigenvalue weighted by Crippen LogP contribution is 2.33. The number of aromatic nitrogens is 1. The summed E-state index contributed by atoms with van der Waals surface area (Å²) in [6, 6.07) is 5.42. The highest BCUT2D eigenvalue weighted by Gasteiger charge is 2.17. The third-order valence-electron chi connectivity index (χ3n) is 3.20. The zero-order valence-corrected chi connectivity index (χ0v) is 14.8. The minimum absolute atomic E-state index is 0.130. The average molecular weight is 359 g/mol. The number of amides is 1. The second-order valence-corrected chi connectivity index (χ2v) is 6.96. The first-order valence-electron chi connectivity index (χ1n) is 7.27. The standard InChI is InChI=1S/C16H20Cl2N2O3/c1-16(2,3)23-15(22)19-6-7-20-11(9-21)8-10-4-5-12(17)13(18)14(10)20/h4-5,8,21H,6-7,9H2,1-3H3,(H,19,22). The van der Waals surface area contributed by atoms with Gasteiger partial charge in [0.2, 0.25) is 0 Å². The molecule has 1 aromatic carbocycles. The van der Waals surface area contributed by atoms with Gasteiger partial charge >= 0.3 is 6.09 Å². The summed E-state index contributed by atoms with van der Waals surface area (Å²) in [6.45, 7) is 6.06. The minimum atomic E-state index is -0.544. The SMILES string of the molecule is CC(C)(C)OC(=O)NCCn1c(CO)cc2ccc(Cl)c(Cl)c21. The van der Waals surface area contributed by atoms with Gasteiger partial charge in [-0.25, -0.2) is 4.79 Å². The van der Waals surface area contributed by atoms with Crippen molar-refractivity contribution in [2.24, 2.45) is 0 Å². The van der Waals surface area contributed by atoms with Crippen molar-refractivity contribution in [2.45, 2.75) is 39.5 Å². The van der Waals surface area contributed by atoms with E-state index in [9.17, 15) is 9.90 Å². The molecule has 2 aromatic rings. The molecule has 0 atom stereocenters. The van der Waals surface area contributed by atoms with Gasteiger partial charge in [-0.2, -0.15) is 0 Å². The fourth-order valence-corrected chi connectivity index (χ4v) is 2.74. The van der Waals surface area contributed by atoms with Crippen LogP contribution in [0.5, 0.6) is 0 Å². The predicted molar refractivity (Wildman–Crippen MR) is 92.1 cm³/mol. The zero-order chi connectivity index (χ0) is 17.2. The quantitative estimate of drug-likeness (QED) is 0.868. The number of carbonyl (C=O) groups excluding carboxylic acids is 1. The Labute approximate surface area is 145 Å². The van der Waals surface area contributed by atoms with Crippen molar-refractivity contribution >= 4 is 40.2 Å². The first kappa shape index (κ1) is 17.9. The average Bonchev–Trinajstić information content (AvgIpc) is 2.80. The van der Waals surface area contributed by atoms with Crippen LogP contribution in [0.15, 0.2) is 18.2 Å². The molecule has 0 spiro atoms. The van der Waals surface area contributed by atoms with Gasteiger partial charge in [-0.1, -0.05) is 29.3 Å². The molecule has 2 N–H and O–H groups in total. The van der Waals surface area contributed by atoms with Crippen molar-refractivity contribution < 1.29 is 14.6 Å². The van der Waals surface area contributed by atoms with Crippen molar-refractivity contribution in [1.82, 2.24) is 9.88 Å². The number of halogens is 2. The maximum absolute atomic E-state index is 11.7. The lowest BCUT2D eigenvalue weighted by molar-refractivity contribution is 0.0526. The Morgan fingerprint density at radius 1 is 1.35 bits per heavy atom. The molecule has 0 fully saturated rings. The maximum Gasteiger partial charge on any atom is 0.407 e. The Morgan fingerprint density at radius 2 is 2.04 bits per heavy atom. The number of aliphatic hydroxyl groups is 1. The number of benzene rings is 1. The number of hydrogen-bond donors (Lipinski definition) is 2. The Balaban J connectivity index is 2.16. The number of nitrogens with one attached hydrogen (secondary N) is 1. The highest BCUT2D eigenvalue weighted by molar-refractivity contribution is 6.45. The lowest BCUT2D eigenvalue weighted by atomic mass is 10.2. The van der Waals surface area contributed by atoms with Gasteiger partial charge in [0.15, 0.2) is 0 Å². The molecule has 0 saturated heterocycles. The van der Waals surface area contributed by atoms with E-state index in [1.807, 2.05) is 16.7 Å². The van der Waals surface area contributed by atoms with E-state index in [4.69, 9.17) is 27.9 Å². The molecule has 0 radical (unpaired) electrons. The maximum atomic E-state index is 11.7. The Kier molecular flexibility index (Phi) is 5.45. The van der Waals surface area contributed by atoms with Crippen LogP contribution in [-0.2, 0) is 17.9 Å². The fraction of sp³-hybridized carbons (Fsp3) is 0.438. The number of hydrogen-bond acceptors (Lipinski definition) is 3. The minimum Gasteiger partial charge on any atom is -0.444 e. The van der Waals surface area contributed by atoms with Crippen LogP contribution >= 0.6 is 23.2 Å². The largest absolute Gasteiger partial charge is 0.444 e. The number of carbonyl (C=O) groups is 1. The van der Waals surface area contributed by atoms with E-state index in [0.717, 1.165) is 10.9 Å². The van der Waals surface area contributed by atoms with Crippen molar-refractivity contribution in [2.75, 3.05) is 6.54 Å². The van der Waals surface area contributed by atoms with Crippen molar-refractivity contribution in [3.8, 4) is 0 Å². The molecule has 0 aliphatic carbocycles. The zero-order valence-electron chi connectivity index (χ0n) is 13.3. The van der Waals surface area contributed by atoms with E-state index < -0.39 is 11.7 Å². The summed E-state index contributed by atoms with van der Waals surface area (Å²) < 4.78 is 7.04. The number of nitrogens with zero attached hydrogens (tertiary/aromatic N) is 1. The summed E-state index contributed by atoms with van der Waals surface area (Å²) in [4.78, 5) is 11.7.